The van der Waals surface area contributed by atoms with Crippen molar-refractivity contribution in [2.75, 3.05) is 19.5 Å². The first-order valence-corrected chi connectivity index (χ1v) is 6.93. The summed E-state index contributed by atoms with van der Waals surface area (Å²) in [6.45, 7) is 0. The fourth-order valence-electron chi connectivity index (χ4n) is 1.38. The minimum Gasteiger partial charge on any atom is -0.496 e. The van der Waals surface area contributed by atoms with Crippen LogP contribution in [0.3, 0.4) is 0 Å². The second-order valence-electron chi connectivity index (χ2n) is 3.51. The molecule has 0 radical (unpaired) electrons. The van der Waals surface area contributed by atoms with E-state index in [2.05, 4.69) is 47.1 Å². The predicted octanol–water partition coefficient (Wildman–Crippen LogP) is 3.84. The highest BCUT2D eigenvalue weighted by Crippen LogP contribution is 2.37. The molecule has 0 saturated heterocycles. The van der Waals surface area contributed by atoms with E-state index in [1.165, 1.54) is 0 Å². The minimum atomic E-state index is 0.407. The molecule has 0 fully saturated rings. The Hall–Kier alpha value is -1.34. The van der Waals surface area contributed by atoms with Crippen molar-refractivity contribution in [3.8, 4) is 17.4 Å². The fourth-order valence-corrected chi connectivity index (χ4v) is 2.26. The third kappa shape index (κ3) is 3.36. The van der Waals surface area contributed by atoms with Gasteiger partial charge in [0.05, 0.1) is 28.4 Å². The van der Waals surface area contributed by atoms with Crippen LogP contribution in [0.1, 0.15) is 0 Å². The van der Waals surface area contributed by atoms with Gasteiger partial charge >= 0.3 is 0 Å². The highest BCUT2D eigenvalue weighted by molar-refractivity contribution is 9.11. The van der Waals surface area contributed by atoms with Crippen LogP contribution in [0, 0.1) is 0 Å². The van der Waals surface area contributed by atoms with Gasteiger partial charge in [0.25, 0.3) is 0 Å². The molecule has 0 bridgehead atoms. The summed E-state index contributed by atoms with van der Waals surface area (Å²) in [5.74, 6) is 2.38. The molecule has 2 rings (SSSR count). The van der Waals surface area contributed by atoms with E-state index < -0.39 is 0 Å². The summed E-state index contributed by atoms with van der Waals surface area (Å²) in [6, 6.07) is 3.62. The number of aromatic nitrogens is 2. The van der Waals surface area contributed by atoms with E-state index in [4.69, 9.17) is 9.47 Å². The number of hydrogen-bond donors (Lipinski definition) is 1. The van der Waals surface area contributed by atoms with E-state index in [9.17, 15) is 0 Å². The summed E-state index contributed by atoms with van der Waals surface area (Å²) in [5, 5.41) is 2.90. The van der Waals surface area contributed by atoms with Crippen LogP contribution in [-0.4, -0.2) is 24.1 Å². The van der Waals surface area contributed by atoms with Crippen LogP contribution < -0.4 is 14.8 Å². The second-order valence-corrected chi connectivity index (χ2v) is 5.22. The van der Waals surface area contributed by atoms with Gasteiger partial charge in [-0.3, -0.25) is 4.98 Å². The van der Waals surface area contributed by atoms with Crippen LogP contribution in [0.15, 0.2) is 33.5 Å². The van der Waals surface area contributed by atoms with E-state index >= 15 is 0 Å². The Morgan fingerprint density at radius 3 is 2.47 bits per heavy atom. The van der Waals surface area contributed by atoms with Crippen molar-refractivity contribution in [1.29, 1.82) is 0 Å². The Morgan fingerprint density at radius 2 is 1.79 bits per heavy atom. The summed E-state index contributed by atoms with van der Waals surface area (Å²) in [4.78, 5) is 8.27. The summed E-state index contributed by atoms with van der Waals surface area (Å²) >= 11 is 6.83. The highest BCUT2D eigenvalue weighted by Gasteiger charge is 2.10. The quantitative estimate of drug-likeness (QED) is 0.862. The van der Waals surface area contributed by atoms with E-state index in [0.717, 1.165) is 8.95 Å². The van der Waals surface area contributed by atoms with Gasteiger partial charge in [-0.2, -0.15) is 4.98 Å². The van der Waals surface area contributed by atoms with Gasteiger partial charge in [0.1, 0.15) is 17.3 Å². The first kappa shape index (κ1) is 14.1. The van der Waals surface area contributed by atoms with Crippen molar-refractivity contribution in [3.05, 3.63) is 33.5 Å². The van der Waals surface area contributed by atoms with Gasteiger partial charge in [0.15, 0.2) is 0 Å². The molecule has 0 aliphatic carbocycles. The smallest absolute Gasteiger partial charge is 0.239 e. The maximum absolute atomic E-state index is 5.69. The number of nitrogens with zero attached hydrogens (tertiary/aromatic N) is 2. The summed E-state index contributed by atoms with van der Waals surface area (Å²) in [6.07, 6.45) is 3.16. The van der Waals surface area contributed by atoms with Gasteiger partial charge in [-0.25, -0.2) is 0 Å². The molecule has 0 spiro atoms. The van der Waals surface area contributed by atoms with Gasteiger partial charge in [-0.15, -0.1) is 0 Å². The van der Waals surface area contributed by atoms with Crippen LogP contribution in [0.2, 0.25) is 0 Å². The molecule has 0 atom stereocenters. The van der Waals surface area contributed by atoms with E-state index in [0.29, 0.717) is 23.2 Å². The third-order valence-electron chi connectivity index (χ3n) is 2.29. The van der Waals surface area contributed by atoms with Gasteiger partial charge in [0.2, 0.25) is 5.88 Å². The van der Waals surface area contributed by atoms with Gasteiger partial charge in [-0.1, -0.05) is 0 Å². The Bertz CT molecular complexity index is 593. The second kappa shape index (κ2) is 6.21. The predicted molar refractivity (Wildman–Crippen MR) is 80.0 cm³/mol. The van der Waals surface area contributed by atoms with Crippen molar-refractivity contribution < 1.29 is 9.47 Å². The van der Waals surface area contributed by atoms with E-state index in [1.807, 2.05) is 6.07 Å². The lowest BCUT2D eigenvalue weighted by atomic mass is 10.3. The Balaban J connectivity index is 2.30. The summed E-state index contributed by atoms with van der Waals surface area (Å²) in [5.41, 5.74) is 0. The largest absolute Gasteiger partial charge is 0.496 e. The number of benzene rings is 1. The van der Waals surface area contributed by atoms with Crippen LogP contribution >= 0.6 is 31.9 Å². The molecule has 1 heterocycles. The molecule has 0 unspecified atom stereocenters. The van der Waals surface area contributed by atoms with Gasteiger partial charge in [0, 0.05) is 7.05 Å². The number of ether oxygens (including phenoxy) is 2. The maximum Gasteiger partial charge on any atom is 0.239 e. The van der Waals surface area contributed by atoms with Crippen LogP contribution in [0.5, 0.6) is 17.4 Å². The molecule has 0 saturated carbocycles. The first-order chi connectivity index (χ1) is 9.13. The lowest BCUT2D eigenvalue weighted by Crippen LogP contribution is -1.96. The number of nitrogens with one attached hydrogen (secondary N) is 1. The molecule has 19 heavy (non-hydrogen) atoms. The molecule has 1 aromatic heterocycles. The molecular formula is C12H11Br2N3O2. The Morgan fingerprint density at radius 1 is 1.11 bits per heavy atom. The summed E-state index contributed by atoms with van der Waals surface area (Å²) in [7, 11) is 3.38. The molecule has 1 N–H and O–H groups in total. The first-order valence-electron chi connectivity index (χ1n) is 5.34. The topological polar surface area (TPSA) is 56.3 Å². The lowest BCUT2D eigenvalue weighted by molar-refractivity contribution is 0.408. The third-order valence-corrected chi connectivity index (χ3v) is 3.53. The number of anilines is 1. The van der Waals surface area contributed by atoms with Crippen LogP contribution in [-0.2, 0) is 0 Å². The minimum absolute atomic E-state index is 0.407. The van der Waals surface area contributed by atoms with Crippen molar-refractivity contribution in [2.24, 2.45) is 0 Å². The molecule has 0 amide bonds. The normalized spacial score (nSPS) is 10.1. The van der Waals surface area contributed by atoms with E-state index in [1.54, 1.807) is 32.6 Å². The Kier molecular flexibility index (Phi) is 4.60. The molecule has 0 aliphatic rings. The zero-order valence-corrected chi connectivity index (χ0v) is 13.4. The van der Waals surface area contributed by atoms with Crippen molar-refractivity contribution in [1.82, 2.24) is 9.97 Å². The average Bonchev–Trinajstić information content (AvgIpc) is 2.42. The lowest BCUT2D eigenvalue weighted by Gasteiger charge is -2.10. The van der Waals surface area contributed by atoms with Crippen molar-refractivity contribution in [3.63, 3.8) is 0 Å². The van der Waals surface area contributed by atoms with Crippen LogP contribution in [0.4, 0.5) is 5.82 Å². The molecule has 1 aromatic carbocycles. The zero-order chi connectivity index (χ0) is 13.8. The fraction of sp³-hybridized carbons (Fsp3) is 0.167. The van der Waals surface area contributed by atoms with Gasteiger partial charge < -0.3 is 14.8 Å². The summed E-state index contributed by atoms with van der Waals surface area (Å²) < 4.78 is 12.4. The van der Waals surface area contributed by atoms with Gasteiger partial charge in [-0.05, 0) is 44.0 Å². The molecule has 2 aromatic rings. The van der Waals surface area contributed by atoms with Crippen LogP contribution in [0.25, 0.3) is 0 Å². The average molecular weight is 389 g/mol. The standard InChI is InChI=1S/C12H11Br2N3O2/c1-15-11-5-16-6-12(17-11)19-10-4-7(13)9(18-2)3-8(10)14/h3-6H,1-2H3,(H,15,17). The monoisotopic (exact) mass is 387 g/mol. The molecular weight excluding hydrogens is 378 g/mol. The van der Waals surface area contributed by atoms with Crippen molar-refractivity contribution >= 4 is 37.7 Å². The Labute approximate surface area is 127 Å². The molecule has 5 nitrogen and oxygen atoms in total. The SMILES string of the molecule is CNc1cncc(Oc2cc(Br)c(OC)cc2Br)n1. The molecule has 7 heteroatoms. The number of rotatable bonds is 4. The zero-order valence-electron chi connectivity index (χ0n) is 10.3. The number of hydrogen-bond acceptors (Lipinski definition) is 5. The molecule has 0 aliphatic heterocycles. The van der Waals surface area contributed by atoms with Crippen molar-refractivity contribution in [2.45, 2.75) is 0 Å². The van der Waals surface area contributed by atoms with E-state index in [-0.39, 0.29) is 0 Å². The number of methoxy groups -OCH3 is 1. The highest BCUT2D eigenvalue weighted by atomic mass is 79.9. The number of halogens is 2. The maximum atomic E-state index is 5.69. The molecule has 100 valence electrons.